The number of carbonyl (C=O) groups excluding carboxylic acids is 4. The van der Waals surface area contributed by atoms with Crippen molar-refractivity contribution >= 4 is 34.4 Å². The predicted molar refractivity (Wildman–Crippen MR) is 123 cm³/mol. The smallest absolute Gasteiger partial charge is 0.261 e. The van der Waals surface area contributed by atoms with Gasteiger partial charge in [0.25, 0.3) is 23.6 Å². The summed E-state index contributed by atoms with van der Waals surface area (Å²) in [5, 5.41) is 0.843. The number of allylic oxidation sites excluding steroid dienone is 2. The highest BCUT2D eigenvalue weighted by Crippen LogP contribution is 2.38. The number of rotatable bonds is 10. The Bertz CT molecular complexity index is 1000. The van der Waals surface area contributed by atoms with Gasteiger partial charge in [-0.2, -0.15) is 0 Å². The summed E-state index contributed by atoms with van der Waals surface area (Å²) in [6.07, 6.45) is 8.33. The summed E-state index contributed by atoms with van der Waals surface area (Å²) < 4.78 is 0. The molecule has 0 unspecified atom stereocenters. The van der Waals surface area contributed by atoms with Gasteiger partial charge in [-0.15, -0.1) is 13.2 Å². The number of hydrogen-bond donors (Lipinski definition) is 0. The van der Waals surface area contributed by atoms with Crippen LogP contribution in [0.4, 0.5) is 0 Å². The normalized spacial score (nSPS) is 15.0. The molecule has 4 rings (SSSR count). The van der Waals surface area contributed by atoms with E-state index in [1.54, 1.807) is 24.3 Å². The molecular weight excluding hydrogens is 404 g/mol. The van der Waals surface area contributed by atoms with Crippen molar-refractivity contribution in [3.05, 3.63) is 71.8 Å². The molecule has 6 nitrogen and oxygen atoms in total. The quantitative estimate of drug-likeness (QED) is 0.310. The fourth-order valence-electron chi connectivity index (χ4n) is 4.50. The molecule has 0 N–H and O–H groups in total. The lowest BCUT2D eigenvalue weighted by Crippen LogP contribution is -2.43. The number of imide groups is 2. The molecule has 0 aliphatic carbocycles. The Morgan fingerprint density at radius 3 is 1.16 bits per heavy atom. The van der Waals surface area contributed by atoms with Gasteiger partial charge >= 0.3 is 0 Å². The third-order valence-corrected chi connectivity index (χ3v) is 6.14. The molecule has 0 fully saturated rings. The lowest BCUT2D eigenvalue weighted by molar-refractivity contribution is 0.0586. The van der Waals surface area contributed by atoms with Gasteiger partial charge in [0, 0.05) is 46.1 Å². The zero-order valence-electron chi connectivity index (χ0n) is 18.1. The van der Waals surface area contributed by atoms with Gasteiger partial charge in [0.15, 0.2) is 0 Å². The van der Waals surface area contributed by atoms with Gasteiger partial charge in [-0.25, -0.2) is 0 Å². The number of unbranched alkanes of at least 4 members (excludes halogenated alkanes) is 4. The van der Waals surface area contributed by atoms with Gasteiger partial charge in [-0.3, -0.25) is 29.0 Å². The molecule has 2 heterocycles. The Labute approximate surface area is 187 Å². The van der Waals surface area contributed by atoms with Crippen LogP contribution in [0, 0.1) is 0 Å². The third-order valence-electron chi connectivity index (χ3n) is 6.14. The van der Waals surface area contributed by atoms with E-state index in [1.807, 2.05) is 12.2 Å². The van der Waals surface area contributed by atoms with Crippen LogP contribution in [0.3, 0.4) is 0 Å². The van der Waals surface area contributed by atoms with Crippen LogP contribution in [0.15, 0.2) is 49.6 Å². The number of amides is 4. The molecule has 32 heavy (non-hydrogen) atoms. The SMILES string of the molecule is C=CCCCCN1C(=O)c2ccc3c4c(ccc(c24)C1=O)C(=O)N(CCCCC=C)C3=O. The van der Waals surface area contributed by atoms with E-state index in [2.05, 4.69) is 13.2 Å². The predicted octanol–water partition coefficient (Wildman–Crippen LogP) is 4.74. The zero-order chi connectivity index (χ0) is 22.8. The largest absolute Gasteiger partial charge is 0.274 e. The summed E-state index contributed by atoms with van der Waals surface area (Å²) in [5.41, 5.74) is 1.46. The highest BCUT2D eigenvalue weighted by atomic mass is 16.2. The van der Waals surface area contributed by atoms with Crippen LogP contribution in [-0.2, 0) is 0 Å². The van der Waals surface area contributed by atoms with Crippen molar-refractivity contribution in [3.63, 3.8) is 0 Å². The van der Waals surface area contributed by atoms with E-state index in [1.165, 1.54) is 9.80 Å². The van der Waals surface area contributed by atoms with Gasteiger partial charge in [0.1, 0.15) is 0 Å². The lowest BCUT2D eigenvalue weighted by Gasteiger charge is -2.32. The first-order valence-corrected chi connectivity index (χ1v) is 11.0. The molecule has 0 atom stereocenters. The van der Waals surface area contributed by atoms with E-state index in [0.29, 0.717) is 59.0 Å². The summed E-state index contributed by atoms with van der Waals surface area (Å²) in [6.45, 7) is 8.04. The van der Waals surface area contributed by atoms with Crippen molar-refractivity contribution in [1.82, 2.24) is 9.80 Å². The maximum absolute atomic E-state index is 13.1. The van der Waals surface area contributed by atoms with Crippen LogP contribution in [0.5, 0.6) is 0 Å². The second kappa shape index (κ2) is 8.91. The van der Waals surface area contributed by atoms with Gasteiger partial charge in [0.05, 0.1) is 0 Å². The lowest BCUT2D eigenvalue weighted by atomic mass is 9.86. The summed E-state index contributed by atoms with van der Waals surface area (Å²) in [6, 6.07) is 6.44. The highest BCUT2D eigenvalue weighted by Gasteiger charge is 2.39. The van der Waals surface area contributed by atoms with Crippen LogP contribution in [-0.4, -0.2) is 46.5 Å². The maximum atomic E-state index is 13.1. The number of nitrogens with zero attached hydrogens (tertiary/aromatic N) is 2. The fraction of sp³-hybridized carbons (Fsp3) is 0.308. The molecule has 6 heteroatoms. The molecule has 0 radical (unpaired) electrons. The van der Waals surface area contributed by atoms with E-state index in [0.717, 1.165) is 25.7 Å². The average Bonchev–Trinajstić information content (AvgIpc) is 2.80. The summed E-state index contributed by atoms with van der Waals surface area (Å²) in [5.74, 6) is -1.51. The molecule has 4 amide bonds. The Balaban J connectivity index is 1.72. The number of hydrogen-bond acceptors (Lipinski definition) is 4. The maximum Gasteiger partial charge on any atom is 0.261 e. The second-order valence-corrected chi connectivity index (χ2v) is 8.16. The summed E-state index contributed by atoms with van der Waals surface area (Å²) >= 11 is 0. The van der Waals surface area contributed by atoms with Gasteiger partial charge in [-0.05, 0) is 62.8 Å². The van der Waals surface area contributed by atoms with Crippen molar-refractivity contribution in [1.29, 1.82) is 0 Å². The average molecular weight is 431 g/mol. The van der Waals surface area contributed by atoms with Crippen molar-refractivity contribution in [3.8, 4) is 0 Å². The van der Waals surface area contributed by atoms with Crippen molar-refractivity contribution in [2.45, 2.75) is 38.5 Å². The molecular formula is C26H26N2O4. The minimum absolute atomic E-state index is 0.326. The molecule has 0 spiro atoms. The molecule has 2 aliphatic heterocycles. The van der Waals surface area contributed by atoms with Crippen LogP contribution in [0.2, 0.25) is 0 Å². The Hall–Kier alpha value is -3.54. The van der Waals surface area contributed by atoms with Gasteiger partial charge in [0.2, 0.25) is 0 Å². The fourth-order valence-corrected chi connectivity index (χ4v) is 4.50. The number of benzene rings is 2. The molecule has 2 aromatic carbocycles. The Morgan fingerprint density at radius 1 is 0.562 bits per heavy atom. The highest BCUT2D eigenvalue weighted by molar-refractivity contribution is 6.33. The molecule has 0 bridgehead atoms. The van der Waals surface area contributed by atoms with E-state index < -0.39 is 0 Å². The second-order valence-electron chi connectivity index (χ2n) is 8.16. The minimum atomic E-state index is -0.378. The molecule has 0 aromatic heterocycles. The van der Waals surface area contributed by atoms with E-state index in [-0.39, 0.29) is 23.6 Å². The van der Waals surface area contributed by atoms with E-state index in [9.17, 15) is 19.2 Å². The first kappa shape index (κ1) is 21.7. The van der Waals surface area contributed by atoms with E-state index >= 15 is 0 Å². The van der Waals surface area contributed by atoms with Crippen LogP contribution < -0.4 is 0 Å². The monoisotopic (exact) mass is 430 g/mol. The van der Waals surface area contributed by atoms with Crippen molar-refractivity contribution in [2.24, 2.45) is 0 Å². The Kier molecular flexibility index (Phi) is 6.04. The van der Waals surface area contributed by atoms with Crippen molar-refractivity contribution in [2.75, 3.05) is 13.1 Å². The minimum Gasteiger partial charge on any atom is -0.274 e. The topological polar surface area (TPSA) is 74.8 Å². The third kappa shape index (κ3) is 3.45. The van der Waals surface area contributed by atoms with Crippen molar-refractivity contribution < 1.29 is 19.2 Å². The molecule has 2 aromatic rings. The first-order chi connectivity index (χ1) is 15.5. The van der Waals surface area contributed by atoms with Crippen LogP contribution >= 0.6 is 0 Å². The molecule has 164 valence electrons. The van der Waals surface area contributed by atoms with E-state index in [4.69, 9.17) is 0 Å². The molecule has 0 saturated carbocycles. The standard InChI is InChI=1S/C26H26N2O4/c1-3-5-7-9-15-27-23(29)17-11-13-19-22-20(14-12-18(21(17)22)24(27)30)26(32)28(25(19)31)16-10-8-6-4-2/h3-4,11-14H,1-2,5-10,15-16H2. The zero-order valence-corrected chi connectivity index (χ0v) is 18.1. The Morgan fingerprint density at radius 2 is 0.875 bits per heavy atom. The summed E-state index contributed by atoms with van der Waals surface area (Å²) in [7, 11) is 0. The van der Waals surface area contributed by atoms with Crippen LogP contribution in [0.1, 0.15) is 80.0 Å². The number of carbonyl (C=O) groups is 4. The summed E-state index contributed by atoms with van der Waals surface area (Å²) in [4.78, 5) is 55.1. The first-order valence-electron chi connectivity index (χ1n) is 11.0. The van der Waals surface area contributed by atoms with Gasteiger partial charge < -0.3 is 0 Å². The molecule has 0 saturated heterocycles. The van der Waals surface area contributed by atoms with Crippen LogP contribution in [0.25, 0.3) is 10.8 Å². The molecule has 2 aliphatic rings. The van der Waals surface area contributed by atoms with Gasteiger partial charge in [-0.1, -0.05) is 12.2 Å².